The van der Waals surface area contributed by atoms with Crippen molar-refractivity contribution in [3.05, 3.63) is 90.6 Å². The van der Waals surface area contributed by atoms with E-state index in [-0.39, 0.29) is 30.0 Å². The summed E-state index contributed by atoms with van der Waals surface area (Å²) in [5, 5.41) is 17.6. The first-order valence-corrected chi connectivity index (χ1v) is 15.0. The van der Waals surface area contributed by atoms with Crippen molar-refractivity contribution in [3.8, 4) is 5.88 Å². The Labute approximate surface area is 247 Å². The first kappa shape index (κ1) is 24.8. The minimum absolute atomic E-state index is 0.00314. The molecule has 3 aromatic heterocycles. The third-order valence-electron chi connectivity index (χ3n) is 10.5. The first-order chi connectivity index (χ1) is 20.9. The number of carbonyl (C=O) groups excluding carboxylic acids is 1. The van der Waals surface area contributed by atoms with Crippen molar-refractivity contribution >= 4 is 60.3 Å². The van der Waals surface area contributed by atoms with Crippen LogP contribution in [0.4, 0.5) is 0 Å². The molecule has 1 amide bonds. The lowest BCUT2D eigenvalue weighted by molar-refractivity contribution is -0.0774. The van der Waals surface area contributed by atoms with Gasteiger partial charge in [0.2, 0.25) is 0 Å². The van der Waals surface area contributed by atoms with E-state index >= 15 is 0 Å². The minimum Gasteiger partial charge on any atom is -0.494 e. The van der Waals surface area contributed by atoms with E-state index in [4.69, 9.17) is 4.74 Å². The SMILES string of the molecule is COC1C(N(C)C(=O)c2ccccc2)CC2CC1(C)n1c3ccccc3c3c4c[nH]c(O)c4c4c5ccccc5n2c4c31. The Morgan fingerprint density at radius 3 is 2.33 bits per heavy atom. The molecule has 1 fully saturated rings. The molecule has 7 nitrogen and oxygen atoms in total. The van der Waals surface area contributed by atoms with Crippen LogP contribution >= 0.6 is 0 Å². The van der Waals surface area contributed by atoms with Gasteiger partial charge in [0, 0.05) is 69.9 Å². The van der Waals surface area contributed by atoms with E-state index in [0.29, 0.717) is 5.56 Å². The molecule has 7 aromatic rings. The topological polar surface area (TPSA) is 75.4 Å². The van der Waals surface area contributed by atoms with Crippen molar-refractivity contribution in [2.24, 2.45) is 0 Å². The molecule has 43 heavy (non-hydrogen) atoms. The number of H-pyrrole nitrogens is 1. The number of nitrogens with zero attached hydrogens (tertiary/aromatic N) is 3. The quantitative estimate of drug-likeness (QED) is 0.235. The van der Waals surface area contributed by atoms with Gasteiger partial charge in [0.15, 0.2) is 5.88 Å². The molecule has 7 heteroatoms. The van der Waals surface area contributed by atoms with Crippen LogP contribution in [-0.4, -0.2) is 56.3 Å². The number of fused-ring (bicyclic) bond motifs is 13. The predicted octanol–water partition coefficient (Wildman–Crippen LogP) is 7.31. The third-order valence-corrected chi connectivity index (χ3v) is 10.5. The number of ether oxygens (including phenoxy) is 1. The molecule has 0 radical (unpaired) electrons. The van der Waals surface area contributed by atoms with Crippen LogP contribution in [0.3, 0.4) is 0 Å². The van der Waals surface area contributed by atoms with Crippen molar-refractivity contribution in [3.63, 3.8) is 0 Å². The molecule has 2 bridgehead atoms. The molecule has 0 saturated heterocycles. The second kappa shape index (κ2) is 8.42. The molecular weight excluding hydrogens is 536 g/mol. The normalized spacial score (nSPS) is 23.2. The summed E-state index contributed by atoms with van der Waals surface area (Å²) in [6.07, 6.45) is 3.28. The number of methoxy groups -OCH3 is 1. The molecule has 1 aliphatic heterocycles. The van der Waals surface area contributed by atoms with Crippen molar-refractivity contribution < 1.29 is 14.6 Å². The highest BCUT2D eigenvalue weighted by molar-refractivity contribution is 6.37. The summed E-state index contributed by atoms with van der Waals surface area (Å²) >= 11 is 0. The summed E-state index contributed by atoms with van der Waals surface area (Å²) in [5.41, 5.74) is 4.76. The number of rotatable bonds is 3. The van der Waals surface area contributed by atoms with E-state index in [1.165, 1.54) is 0 Å². The van der Waals surface area contributed by atoms with Crippen LogP contribution in [0, 0.1) is 0 Å². The van der Waals surface area contributed by atoms with Crippen LogP contribution in [0.25, 0.3) is 54.4 Å². The third kappa shape index (κ3) is 2.95. The van der Waals surface area contributed by atoms with Crippen LogP contribution in [0.15, 0.2) is 85.1 Å². The lowest BCUT2D eigenvalue weighted by atomic mass is 9.74. The number of carbonyl (C=O) groups is 1. The van der Waals surface area contributed by atoms with Gasteiger partial charge in [-0.15, -0.1) is 0 Å². The number of hydrogen-bond acceptors (Lipinski definition) is 3. The maximum absolute atomic E-state index is 13.9. The summed E-state index contributed by atoms with van der Waals surface area (Å²) in [4.78, 5) is 19.0. The van der Waals surface area contributed by atoms with Gasteiger partial charge in [0.05, 0.1) is 28.0 Å². The predicted molar refractivity (Wildman–Crippen MR) is 171 cm³/mol. The van der Waals surface area contributed by atoms with Crippen molar-refractivity contribution in [1.82, 2.24) is 19.0 Å². The number of para-hydroxylation sites is 2. The fourth-order valence-electron chi connectivity index (χ4n) is 8.87. The number of aromatic hydroxyl groups is 1. The van der Waals surface area contributed by atoms with Crippen LogP contribution in [0.1, 0.15) is 36.2 Å². The Balaban J connectivity index is 1.44. The average Bonchev–Trinajstić information content (AvgIpc) is 3.68. The fourth-order valence-corrected chi connectivity index (χ4v) is 8.87. The monoisotopic (exact) mass is 568 g/mol. The van der Waals surface area contributed by atoms with E-state index in [9.17, 15) is 9.90 Å². The highest BCUT2D eigenvalue weighted by atomic mass is 16.5. The molecule has 4 aromatic carbocycles. The summed E-state index contributed by atoms with van der Waals surface area (Å²) in [5.74, 6) is 0.188. The van der Waals surface area contributed by atoms with E-state index in [1.54, 1.807) is 7.11 Å². The smallest absolute Gasteiger partial charge is 0.253 e. The standard InChI is InChI=1S/C36H32N4O3/c1-36-18-21(17-27(33(36)43-3)38(2)35(42)20-11-5-4-6-12-20)39-25-15-9-7-13-22(25)29-30-24(19-37-34(30)41)28-23-14-8-10-16-26(23)40(36)32(28)31(29)39/h4-16,19,21,27,33,37,41H,17-18H2,1-3H3. The largest absolute Gasteiger partial charge is 0.494 e. The molecule has 2 aliphatic rings. The summed E-state index contributed by atoms with van der Waals surface area (Å²) < 4.78 is 11.5. The maximum atomic E-state index is 13.9. The van der Waals surface area contributed by atoms with Gasteiger partial charge in [-0.25, -0.2) is 0 Å². The van der Waals surface area contributed by atoms with E-state index < -0.39 is 5.54 Å². The van der Waals surface area contributed by atoms with Crippen LogP contribution < -0.4 is 0 Å². The van der Waals surface area contributed by atoms with Gasteiger partial charge in [-0.3, -0.25) is 4.79 Å². The zero-order chi connectivity index (χ0) is 29.2. The van der Waals surface area contributed by atoms with Crippen LogP contribution in [0.5, 0.6) is 5.88 Å². The number of likely N-dealkylation sites (N-methyl/N-ethyl adjacent to an activating group) is 1. The van der Waals surface area contributed by atoms with Gasteiger partial charge in [0.1, 0.15) is 6.10 Å². The Hall–Kier alpha value is -4.75. The number of benzene rings is 4. The molecule has 0 spiro atoms. The second-order valence-electron chi connectivity index (χ2n) is 12.6. The number of nitrogens with one attached hydrogen (secondary N) is 1. The molecule has 2 N–H and O–H groups in total. The minimum atomic E-state index is -0.478. The van der Waals surface area contributed by atoms with Gasteiger partial charge >= 0.3 is 0 Å². The number of aromatic nitrogens is 3. The Morgan fingerprint density at radius 2 is 1.58 bits per heavy atom. The van der Waals surface area contributed by atoms with Gasteiger partial charge in [-0.1, -0.05) is 54.6 Å². The molecule has 4 unspecified atom stereocenters. The van der Waals surface area contributed by atoms with Gasteiger partial charge in [0.25, 0.3) is 5.91 Å². The zero-order valence-electron chi connectivity index (χ0n) is 24.3. The molecule has 214 valence electrons. The van der Waals surface area contributed by atoms with E-state index in [1.807, 2.05) is 48.5 Å². The summed E-state index contributed by atoms with van der Waals surface area (Å²) in [6.45, 7) is 2.31. The summed E-state index contributed by atoms with van der Waals surface area (Å²) in [7, 11) is 3.71. The molecular formula is C36H32N4O3. The Bertz CT molecular complexity index is 2280. The van der Waals surface area contributed by atoms with Crippen LogP contribution in [0.2, 0.25) is 0 Å². The maximum Gasteiger partial charge on any atom is 0.253 e. The van der Waals surface area contributed by atoms with Crippen molar-refractivity contribution in [1.29, 1.82) is 0 Å². The molecule has 9 rings (SSSR count). The number of aromatic amines is 1. The Kier molecular flexibility index (Phi) is 4.86. The first-order valence-electron chi connectivity index (χ1n) is 15.0. The van der Waals surface area contributed by atoms with Crippen molar-refractivity contribution in [2.75, 3.05) is 14.2 Å². The van der Waals surface area contributed by atoms with Gasteiger partial charge in [-0.05, 0) is 44.0 Å². The Morgan fingerprint density at radius 1 is 0.907 bits per heavy atom. The molecule has 4 atom stereocenters. The lowest BCUT2D eigenvalue weighted by Gasteiger charge is -2.51. The second-order valence-corrected chi connectivity index (χ2v) is 12.6. The van der Waals surface area contributed by atoms with Gasteiger partial charge in [-0.2, -0.15) is 0 Å². The number of hydrogen-bond donors (Lipinski definition) is 2. The highest BCUT2D eigenvalue weighted by Gasteiger charge is 2.53. The van der Waals surface area contributed by atoms with Crippen LogP contribution in [-0.2, 0) is 10.3 Å². The fraction of sp³-hybridized carbons (Fsp3) is 0.250. The molecule has 4 heterocycles. The summed E-state index contributed by atoms with van der Waals surface area (Å²) in [6, 6.07) is 26.6. The highest BCUT2D eigenvalue weighted by Crippen LogP contribution is 2.56. The lowest BCUT2D eigenvalue weighted by Crippen LogP contribution is -2.60. The van der Waals surface area contributed by atoms with E-state index in [2.05, 4.69) is 69.6 Å². The number of amides is 1. The van der Waals surface area contributed by atoms with Crippen molar-refractivity contribution in [2.45, 2.75) is 43.5 Å². The van der Waals surface area contributed by atoms with E-state index in [0.717, 1.165) is 67.2 Å². The molecule has 1 aliphatic carbocycles. The molecule has 1 saturated carbocycles. The van der Waals surface area contributed by atoms with Gasteiger partial charge < -0.3 is 28.9 Å². The average molecular weight is 569 g/mol. The zero-order valence-corrected chi connectivity index (χ0v) is 24.3.